The van der Waals surface area contributed by atoms with E-state index in [9.17, 15) is 0 Å². The van der Waals surface area contributed by atoms with E-state index in [2.05, 4.69) is 18.2 Å². The van der Waals surface area contributed by atoms with Crippen molar-refractivity contribution in [3.63, 3.8) is 0 Å². The molecule has 0 N–H and O–H groups in total. The van der Waals surface area contributed by atoms with Crippen molar-refractivity contribution < 1.29 is 0 Å². The molecule has 0 aliphatic heterocycles. The van der Waals surface area contributed by atoms with Crippen molar-refractivity contribution in [1.29, 1.82) is 0 Å². The molecule has 0 nitrogen and oxygen atoms in total. The largest absolute Gasteiger partial charge is 0.126 e. The van der Waals surface area contributed by atoms with Gasteiger partial charge >= 0.3 is 0 Å². The molecule has 0 atom stereocenters. The first kappa shape index (κ1) is 8.86. The van der Waals surface area contributed by atoms with E-state index in [1.165, 1.54) is 31.3 Å². The first-order valence-electron chi connectivity index (χ1n) is 4.35. The van der Waals surface area contributed by atoms with Gasteiger partial charge in [0.05, 0.1) is 0 Å². The second kappa shape index (κ2) is 5.42. The van der Waals surface area contributed by atoms with Gasteiger partial charge in [0.25, 0.3) is 0 Å². The average molecular weight is 171 g/mol. The molecule has 62 valence electrons. The Morgan fingerprint density at radius 2 is 2.36 bits per heavy atom. The number of halogens is 1. The third-order valence-electron chi connectivity index (χ3n) is 1.93. The molecule has 0 bridgehead atoms. The van der Waals surface area contributed by atoms with Crippen LogP contribution in [-0.2, 0) is 0 Å². The molecule has 0 aromatic heterocycles. The van der Waals surface area contributed by atoms with Gasteiger partial charge in [0, 0.05) is 5.88 Å². The number of rotatable bonds is 3. The number of hydrogen-bond donors (Lipinski definition) is 0. The zero-order chi connectivity index (χ0) is 7.94. The van der Waals surface area contributed by atoms with Gasteiger partial charge in [0.15, 0.2) is 0 Å². The fourth-order valence-corrected chi connectivity index (χ4v) is 1.44. The van der Waals surface area contributed by atoms with E-state index in [4.69, 9.17) is 11.6 Å². The van der Waals surface area contributed by atoms with Crippen LogP contribution in [0.3, 0.4) is 0 Å². The summed E-state index contributed by atoms with van der Waals surface area (Å²) >= 11 is 5.55. The van der Waals surface area contributed by atoms with E-state index in [0.29, 0.717) is 0 Å². The normalized spacial score (nSPS) is 18.8. The van der Waals surface area contributed by atoms with Crippen LogP contribution in [0, 0.1) is 0 Å². The lowest BCUT2D eigenvalue weighted by molar-refractivity contribution is 0.711. The molecule has 1 rings (SSSR count). The summed E-state index contributed by atoms with van der Waals surface area (Å²) in [4.78, 5) is 0. The lowest BCUT2D eigenvalue weighted by atomic mass is 9.99. The first-order valence-corrected chi connectivity index (χ1v) is 4.88. The number of alkyl halides is 1. The van der Waals surface area contributed by atoms with Crippen molar-refractivity contribution in [3.05, 3.63) is 23.8 Å². The highest BCUT2D eigenvalue weighted by Crippen LogP contribution is 2.18. The lowest BCUT2D eigenvalue weighted by Crippen LogP contribution is -1.87. The van der Waals surface area contributed by atoms with E-state index in [1.807, 2.05) is 0 Å². The molecular weight excluding hydrogens is 156 g/mol. The second-order valence-corrected chi connectivity index (χ2v) is 3.28. The minimum absolute atomic E-state index is 0.740. The molecule has 0 saturated heterocycles. The standard InChI is InChI=1S/C10H15Cl/c11-9-5-4-8-10-6-2-1-3-7-10/h4,6,8H,1-3,5,7,9H2/b8-4+. The Morgan fingerprint density at radius 3 is 3.00 bits per heavy atom. The van der Waals surface area contributed by atoms with Crippen LogP contribution in [0.4, 0.5) is 0 Å². The summed E-state index contributed by atoms with van der Waals surface area (Å²) in [6.07, 6.45) is 13.0. The van der Waals surface area contributed by atoms with Crippen LogP contribution in [0.25, 0.3) is 0 Å². The van der Waals surface area contributed by atoms with Crippen molar-refractivity contribution in [2.75, 3.05) is 5.88 Å². The summed E-state index contributed by atoms with van der Waals surface area (Å²) < 4.78 is 0. The Balaban J connectivity index is 2.29. The van der Waals surface area contributed by atoms with Gasteiger partial charge in [0.2, 0.25) is 0 Å². The van der Waals surface area contributed by atoms with Gasteiger partial charge in [-0.05, 0) is 32.1 Å². The lowest BCUT2D eigenvalue weighted by Gasteiger charge is -2.07. The van der Waals surface area contributed by atoms with Gasteiger partial charge in [-0.1, -0.05) is 23.8 Å². The molecule has 0 aromatic carbocycles. The van der Waals surface area contributed by atoms with Crippen molar-refractivity contribution >= 4 is 11.6 Å². The summed E-state index contributed by atoms with van der Waals surface area (Å²) in [6, 6.07) is 0. The Kier molecular flexibility index (Phi) is 4.37. The maximum absolute atomic E-state index is 5.55. The first-order chi connectivity index (χ1) is 5.43. The smallest absolute Gasteiger partial charge is 0.0258 e. The highest BCUT2D eigenvalue weighted by molar-refractivity contribution is 6.17. The van der Waals surface area contributed by atoms with Crippen molar-refractivity contribution in [2.24, 2.45) is 0 Å². The second-order valence-electron chi connectivity index (χ2n) is 2.90. The van der Waals surface area contributed by atoms with Gasteiger partial charge in [-0.2, -0.15) is 0 Å². The third-order valence-corrected chi connectivity index (χ3v) is 2.15. The average Bonchev–Trinajstić information content (AvgIpc) is 2.07. The third kappa shape index (κ3) is 3.62. The van der Waals surface area contributed by atoms with Crippen LogP contribution in [-0.4, -0.2) is 5.88 Å². The van der Waals surface area contributed by atoms with Crippen LogP contribution in [0.5, 0.6) is 0 Å². The molecule has 0 heterocycles. The summed E-state index contributed by atoms with van der Waals surface area (Å²) in [7, 11) is 0. The zero-order valence-corrected chi connectivity index (χ0v) is 7.61. The molecule has 0 amide bonds. The van der Waals surface area contributed by atoms with Gasteiger partial charge in [-0.3, -0.25) is 0 Å². The summed E-state index contributed by atoms with van der Waals surface area (Å²) in [5.74, 6) is 0.740. The Morgan fingerprint density at radius 1 is 1.45 bits per heavy atom. The van der Waals surface area contributed by atoms with Crippen molar-refractivity contribution in [3.8, 4) is 0 Å². The van der Waals surface area contributed by atoms with Crippen molar-refractivity contribution in [1.82, 2.24) is 0 Å². The van der Waals surface area contributed by atoms with Gasteiger partial charge in [0.1, 0.15) is 0 Å². The maximum atomic E-state index is 5.55. The molecule has 0 spiro atoms. The van der Waals surface area contributed by atoms with E-state index >= 15 is 0 Å². The molecule has 1 heteroatoms. The van der Waals surface area contributed by atoms with E-state index in [1.54, 1.807) is 0 Å². The fourth-order valence-electron chi connectivity index (χ4n) is 1.31. The molecule has 0 aromatic rings. The molecule has 0 saturated carbocycles. The minimum atomic E-state index is 0.740. The minimum Gasteiger partial charge on any atom is -0.126 e. The molecule has 1 aliphatic carbocycles. The topological polar surface area (TPSA) is 0 Å². The molecule has 0 unspecified atom stereocenters. The fraction of sp³-hybridized carbons (Fsp3) is 0.600. The Labute approximate surface area is 73.9 Å². The van der Waals surface area contributed by atoms with Crippen molar-refractivity contribution in [2.45, 2.75) is 32.1 Å². The van der Waals surface area contributed by atoms with E-state index in [-0.39, 0.29) is 0 Å². The quantitative estimate of drug-likeness (QED) is 0.567. The number of allylic oxidation sites excluding steroid dienone is 4. The van der Waals surface area contributed by atoms with Crippen LogP contribution in [0.2, 0.25) is 0 Å². The maximum Gasteiger partial charge on any atom is 0.0258 e. The Bertz CT molecular complexity index is 156. The van der Waals surface area contributed by atoms with Crippen LogP contribution < -0.4 is 0 Å². The highest BCUT2D eigenvalue weighted by Gasteiger charge is 1.98. The SMILES string of the molecule is ClCC/C=C/C1=CCCCC1. The predicted octanol–water partition coefficient (Wildman–Crippen LogP) is 3.67. The molecule has 1 aliphatic rings. The highest BCUT2D eigenvalue weighted by atomic mass is 35.5. The molecule has 0 fully saturated rings. The summed E-state index contributed by atoms with van der Waals surface area (Å²) in [6.45, 7) is 0. The van der Waals surface area contributed by atoms with Gasteiger partial charge < -0.3 is 0 Å². The molecule has 11 heavy (non-hydrogen) atoms. The monoisotopic (exact) mass is 170 g/mol. The summed E-state index contributed by atoms with van der Waals surface area (Å²) in [5.41, 5.74) is 1.50. The summed E-state index contributed by atoms with van der Waals surface area (Å²) in [5, 5.41) is 0. The van der Waals surface area contributed by atoms with Crippen LogP contribution in [0.15, 0.2) is 23.8 Å². The predicted molar refractivity (Wildman–Crippen MR) is 51.0 cm³/mol. The van der Waals surface area contributed by atoms with E-state index in [0.717, 1.165) is 12.3 Å². The van der Waals surface area contributed by atoms with E-state index < -0.39 is 0 Å². The Hall–Kier alpha value is -0.230. The van der Waals surface area contributed by atoms with Crippen LogP contribution in [0.1, 0.15) is 32.1 Å². The molecular formula is C10H15Cl. The van der Waals surface area contributed by atoms with Gasteiger partial charge in [-0.15, -0.1) is 11.6 Å². The van der Waals surface area contributed by atoms with Crippen LogP contribution >= 0.6 is 11.6 Å². The zero-order valence-electron chi connectivity index (χ0n) is 6.85. The number of hydrogen-bond acceptors (Lipinski definition) is 0. The molecule has 0 radical (unpaired) electrons. The van der Waals surface area contributed by atoms with Gasteiger partial charge in [-0.25, -0.2) is 0 Å².